The Balaban J connectivity index is 2.91. The summed E-state index contributed by atoms with van der Waals surface area (Å²) in [4.78, 5) is 4.00. The standard InChI is InChI=1S/C10H19ClN3O3PS/c1-6-15-18(19,16-8(4)5)17-10-12-9(11)14(13-10)7(2)3/h7-8H,6H2,1-5H3. The zero-order valence-electron chi connectivity index (χ0n) is 11.7. The molecule has 110 valence electrons. The number of nitrogens with zero attached hydrogens (tertiary/aromatic N) is 3. The molecule has 1 heterocycles. The Labute approximate surface area is 123 Å². The second kappa shape index (κ2) is 6.99. The molecule has 0 aliphatic heterocycles. The van der Waals surface area contributed by atoms with Crippen molar-refractivity contribution in [3.63, 3.8) is 0 Å². The van der Waals surface area contributed by atoms with Crippen LogP contribution in [-0.2, 0) is 20.9 Å². The summed E-state index contributed by atoms with van der Waals surface area (Å²) in [5.41, 5.74) is 0. The van der Waals surface area contributed by atoms with Crippen molar-refractivity contribution in [2.24, 2.45) is 0 Å². The fraction of sp³-hybridized carbons (Fsp3) is 0.800. The zero-order chi connectivity index (χ0) is 14.6. The highest BCUT2D eigenvalue weighted by Gasteiger charge is 2.26. The first kappa shape index (κ1) is 16.9. The Morgan fingerprint density at radius 1 is 1.37 bits per heavy atom. The van der Waals surface area contributed by atoms with Gasteiger partial charge in [-0.3, -0.25) is 9.05 Å². The number of halogens is 1. The first-order valence-corrected chi connectivity index (χ1v) is 8.95. The third-order valence-corrected chi connectivity index (χ3v) is 4.58. The van der Waals surface area contributed by atoms with E-state index in [1.54, 1.807) is 0 Å². The predicted molar refractivity (Wildman–Crippen MR) is 78.2 cm³/mol. The van der Waals surface area contributed by atoms with Gasteiger partial charge in [-0.2, -0.15) is 4.98 Å². The largest absolute Gasteiger partial charge is 0.388 e. The summed E-state index contributed by atoms with van der Waals surface area (Å²) in [7, 11) is 0. The molecule has 19 heavy (non-hydrogen) atoms. The molecule has 0 saturated heterocycles. The molecule has 0 aliphatic carbocycles. The van der Waals surface area contributed by atoms with Gasteiger partial charge in [-0.1, -0.05) is 0 Å². The van der Waals surface area contributed by atoms with Crippen LogP contribution in [0.5, 0.6) is 6.01 Å². The first-order valence-electron chi connectivity index (χ1n) is 6.02. The summed E-state index contributed by atoms with van der Waals surface area (Å²) < 4.78 is 18.0. The third kappa shape index (κ3) is 5.00. The minimum absolute atomic E-state index is 0.0771. The lowest BCUT2D eigenvalue weighted by molar-refractivity contribution is 0.168. The summed E-state index contributed by atoms with van der Waals surface area (Å²) in [6.45, 7) is 6.91. The van der Waals surface area contributed by atoms with Gasteiger partial charge in [0.1, 0.15) is 0 Å². The molecule has 0 aromatic carbocycles. The van der Waals surface area contributed by atoms with E-state index in [1.807, 2.05) is 34.6 Å². The van der Waals surface area contributed by atoms with Gasteiger partial charge in [-0.15, -0.1) is 5.10 Å². The van der Waals surface area contributed by atoms with Crippen molar-refractivity contribution in [1.82, 2.24) is 14.8 Å². The summed E-state index contributed by atoms with van der Waals surface area (Å²) in [6.07, 6.45) is -0.111. The molecule has 0 fully saturated rings. The van der Waals surface area contributed by atoms with Crippen LogP contribution in [0.25, 0.3) is 0 Å². The third-order valence-electron chi connectivity index (χ3n) is 1.88. The van der Waals surface area contributed by atoms with Crippen LogP contribution in [0, 0.1) is 0 Å². The molecular formula is C10H19ClN3O3PS. The molecular weight excluding hydrogens is 309 g/mol. The molecule has 0 spiro atoms. The highest BCUT2D eigenvalue weighted by Crippen LogP contribution is 2.50. The van der Waals surface area contributed by atoms with E-state index >= 15 is 0 Å². The van der Waals surface area contributed by atoms with Crippen LogP contribution in [0.15, 0.2) is 0 Å². The van der Waals surface area contributed by atoms with Crippen molar-refractivity contribution < 1.29 is 13.6 Å². The number of aromatic nitrogens is 3. The van der Waals surface area contributed by atoms with Gasteiger partial charge in [0.25, 0.3) is 0 Å². The monoisotopic (exact) mass is 327 g/mol. The SMILES string of the molecule is CCOP(=S)(Oc1nc(Cl)n(C(C)C)n1)OC(C)C. The van der Waals surface area contributed by atoms with Gasteiger partial charge < -0.3 is 4.52 Å². The lowest BCUT2D eigenvalue weighted by Crippen LogP contribution is -2.09. The van der Waals surface area contributed by atoms with Crippen molar-refractivity contribution in [2.45, 2.75) is 46.8 Å². The van der Waals surface area contributed by atoms with E-state index in [9.17, 15) is 0 Å². The van der Waals surface area contributed by atoms with E-state index in [0.29, 0.717) is 6.61 Å². The van der Waals surface area contributed by atoms with Crippen LogP contribution in [0.2, 0.25) is 5.28 Å². The quantitative estimate of drug-likeness (QED) is 0.713. The van der Waals surface area contributed by atoms with Gasteiger partial charge in [0.2, 0.25) is 5.28 Å². The first-order chi connectivity index (χ1) is 8.77. The minimum atomic E-state index is -2.90. The van der Waals surface area contributed by atoms with Crippen LogP contribution < -0.4 is 4.52 Å². The molecule has 1 rings (SSSR count). The van der Waals surface area contributed by atoms with Gasteiger partial charge in [-0.25, -0.2) is 4.68 Å². The summed E-state index contributed by atoms with van der Waals surface area (Å²) in [6, 6.07) is 0.157. The summed E-state index contributed by atoms with van der Waals surface area (Å²) in [5, 5.41) is 4.38. The molecule has 0 aliphatic rings. The van der Waals surface area contributed by atoms with Gasteiger partial charge in [-0.05, 0) is 46.2 Å². The van der Waals surface area contributed by atoms with E-state index in [2.05, 4.69) is 10.1 Å². The molecule has 0 amide bonds. The molecule has 0 bridgehead atoms. The van der Waals surface area contributed by atoms with Crippen LogP contribution in [-0.4, -0.2) is 27.5 Å². The van der Waals surface area contributed by atoms with Crippen LogP contribution in [0.4, 0.5) is 0 Å². The summed E-state index contributed by atoms with van der Waals surface area (Å²) >= 11 is 11.2. The van der Waals surface area contributed by atoms with Crippen LogP contribution >= 0.6 is 18.3 Å². The molecule has 0 radical (unpaired) electrons. The van der Waals surface area contributed by atoms with E-state index in [1.165, 1.54) is 4.68 Å². The normalized spacial score (nSPS) is 14.9. The molecule has 6 nitrogen and oxygen atoms in total. The van der Waals surface area contributed by atoms with E-state index in [-0.39, 0.29) is 23.4 Å². The van der Waals surface area contributed by atoms with Crippen molar-refractivity contribution >= 4 is 30.1 Å². The lowest BCUT2D eigenvalue weighted by Gasteiger charge is -2.21. The van der Waals surface area contributed by atoms with E-state index in [4.69, 9.17) is 37.0 Å². The van der Waals surface area contributed by atoms with Gasteiger partial charge in [0.15, 0.2) is 0 Å². The second-order valence-electron chi connectivity index (χ2n) is 4.31. The summed E-state index contributed by atoms with van der Waals surface area (Å²) in [5.74, 6) is 0. The van der Waals surface area contributed by atoms with Gasteiger partial charge in [0.05, 0.1) is 12.7 Å². The number of hydrogen-bond donors (Lipinski definition) is 0. The molecule has 1 unspecified atom stereocenters. The van der Waals surface area contributed by atoms with Crippen molar-refractivity contribution in [1.29, 1.82) is 0 Å². The Morgan fingerprint density at radius 3 is 2.42 bits per heavy atom. The smallest absolute Gasteiger partial charge is 0.383 e. The van der Waals surface area contributed by atoms with E-state index in [0.717, 1.165) is 0 Å². The maximum Gasteiger partial charge on any atom is 0.383 e. The topological polar surface area (TPSA) is 58.4 Å². The average Bonchev–Trinajstić information content (AvgIpc) is 2.57. The molecule has 0 N–H and O–H groups in total. The van der Waals surface area contributed by atoms with Crippen molar-refractivity contribution in [3.05, 3.63) is 5.28 Å². The highest BCUT2D eigenvalue weighted by atomic mass is 35.5. The fourth-order valence-electron chi connectivity index (χ4n) is 1.25. The predicted octanol–water partition coefficient (Wildman–Crippen LogP) is 3.58. The minimum Gasteiger partial charge on any atom is -0.388 e. The lowest BCUT2D eigenvalue weighted by atomic mass is 10.4. The highest BCUT2D eigenvalue weighted by molar-refractivity contribution is 8.07. The fourth-order valence-corrected chi connectivity index (χ4v) is 3.85. The Hall–Kier alpha value is -0.200. The van der Waals surface area contributed by atoms with Gasteiger partial charge in [0, 0.05) is 17.8 Å². The van der Waals surface area contributed by atoms with Crippen LogP contribution in [0.1, 0.15) is 40.7 Å². The molecule has 1 aromatic rings. The average molecular weight is 328 g/mol. The Morgan fingerprint density at radius 2 is 2.00 bits per heavy atom. The maximum absolute atomic E-state index is 5.96. The van der Waals surface area contributed by atoms with Crippen molar-refractivity contribution in [2.75, 3.05) is 6.61 Å². The molecule has 1 atom stereocenters. The van der Waals surface area contributed by atoms with Crippen molar-refractivity contribution in [3.8, 4) is 6.01 Å². The number of hydrogen-bond acceptors (Lipinski definition) is 6. The van der Waals surface area contributed by atoms with E-state index < -0.39 is 6.72 Å². The zero-order valence-corrected chi connectivity index (χ0v) is 14.1. The second-order valence-corrected chi connectivity index (χ2v) is 7.54. The molecule has 0 saturated carbocycles. The maximum atomic E-state index is 5.96. The van der Waals surface area contributed by atoms with Gasteiger partial charge >= 0.3 is 12.7 Å². The number of rotatable bonds is 7. The Kier molecular flexibility index (Phi) is 6.20. The van der Waals surface area contributed by atoms with Crippen LogP contribution in [0.3, 0.4) is 0 Å². The molecule has 1 aromatic heterocycles. The Bertz CT molecular complexity index is 467. The molecule has 9 heteroatoms.